The van der Waals surface area contributed by atoms with Crippen LogP contribution in [-0.4, -0.2) is 46.1 Å². The molecule has 0 aliphatic carbocycles. The highest BCUT2D eigenvalue weighted by Gasteiger charge is 2.16. The van der Waals surface area contributed by atoms with E-state index in [0.29, 0.717) is 23.9 Å². The number of hydrogen-bond donors (Lipinski definition) is 4. The van der Waals surface area contributed by atoms with Crippen LogP contribution in [0.2, 0.25) is 0 Å². The van der Waals surface area contributed by atoms with E-state index in [0.717, 1.165) is 34.9 Å². The van der Waals surface area contributed by atoms with Gasteiger partial charge in [-0.25, -0.2) is 4.98 Å². The fourth-order valence-corrected chi connectivity index (χ4v) is 3.45. The Labute approximate surface area is 143 Å². The summed E-state index contributed by atoms with van der Waals surface area (Å²) in [6.07, 6.45) is 1.06. The molecule has 4 N–H and O–H groups in total. The summed E-state index contributed by atoms with van der Waals surface area (Å²) in [6, 6.07) is 8.36. The Kier molecular flexibility index (Phi) is 4.09. The predicted molar refractivity (Wildman–Crippen MR) is 97.2 cm³/mol. The molecule has 1 aliphatic rings. The normalized spacial score (nSPS) is 17.1. The summed E-state index contributed by atoms with van der Waals surface area (Å²) in [6.45, 7) is 1.93. The Morgan fingerprint density at radius 2 is 1.92 bits per heavy atom. The highest BCUT2D eigenvalue weighted by atomic mass is 32.1. The number of hydrogen-bond acceptors (Lipinski definition) is 9. The first kappa shape index (κ1) is 15.0. The van der Waals surface area contributed by atoms with Crippen molar-refractivity contribution in [1.82, 2.24) is 25.3 Å². The zero-order valence-electron chi connectivity index (χ0n) is 13.2. The number of anilines is 4. The minimum Gasteiger partial charge on any atom is -0.357 e. The first-order valence-electron chi connectivity index (χ1n) is 7.84. The second-order valence-electron chi connectivity index (χ2n) is 5.50. The van der Waals surface area contributed by atoms with Crippen molar-refractivity contribution in [3.63, 3.8) is 0 Å². The number of rotatable bonds is 5. The molecule has 2 aromatic heterocycles. The molecule has 24 heavy (non-hydrogen) atoms. The molecule has 0 amide bonds. The van der Waals surface area contributed by atoms with Crippen molar-refractivity contribution in [2.75, 3.05) is 36.1 Å². The van der Waals surface area contributed by atoms with Gasteiger partial charge in [-0.05, 0) is 25.1 Å². The van der Waals surface area contributed by atoms with E-state index in [1.165, 1.54) is 0 Å². The van der Waals surface area contributed by atoms with Gasteiger partial charge in [0.2, 0.25) is 17.8 Å². The molecule has 0 spiro atoms. The lowest BCUT2D eigenvalue weighted by Crippen LogP contribution is -2.24. The van der Waals surface area contributed by atoms with Gasteiger partial charge in [-0.1, -0.05) is 23.5 Å². The van der Waals surface area contributed by atoms with Crippen LogP contribution < -0.4 is 21.3 Å². The molecule has 0 bridgehead atoms. The summed E-state index contributed by atoms with van der Waals surface area (Å²) >= 11 is 1.57. The summed E-state index contributed by atoms with van der Waals surface area (Å²) in [7, 11) is 1.79. The van der Waals surface area contributed by atoms with E-state index in [9.17, 15) is 0 Å². The Balaban J connectivity index is 1.58. The first-order valence-corrected chi connectivity index (χ1v) is 8.65. The molecule has 3 aromatic rings. The lowest BCUT2D eigenvalue weighted by Gasteiger charge is -2.12. The summed E-state index contributed by atoms with van der Waals surface area (Å²) < 4.78 is 1.12. The van der Waals surface area contributed by atoms with Crippen molar-refractivity contribution in [2.45, 2.75) is 12.5 Å². The standard InChI is InChI=1S/C15H18N8S/c1-16-12-20-13(18-9-6-7-17-8-9)22-14(21-12)23-15-19-10-4-2-3-5-11(10)24-15/h2-5,9,17H,6-8H2,1H3,(H3,16,18,19,20,21,22,23)/t9-/m1/s1. The Morgan fingerprint density at radius 1 is 1.08 bits per heavy atom. The van der Waals surface area contributed by atoms with Crippen molar-refractivity contribution < 1.29 is 0 Å². The molecule has 1 aliphatic heterocycles. The Hall–Kier alpha value is -2.52. The van der Waals surface area contributed by atoms with E-state index >= 15 is 0 Å². The predicted octanol–water partition coefficient (Wildman–Crippen LogP) is 2.04. The van der Waals surface area contributed by atoms with Crippen LogP contribution in [0.1, 0.15) is 6.42 Å². The number of aromatic nitrogens is 4. The molecule has 1 fully saturated rings. The third kappa shape index (κ3) is 3.22. The van der Waals surface area contributed by atoms with Gasteiger partial charge in [0.1, 0.15) is 0 Å². The van der Waals surface area contributed by atoms with E-state index < -0.39 is 0 Å². The quantitative estimate of drug-likeness (QED) is 0.559. The summed E-state index contributed by atoms with van der Waals surface area (Å²) in [5.74, 6) is 1.55. The van der Waals surface area contributed by atoms with Crippen LogP contribution in [0.4, 0.5) is 23.0 Å². The largest absolute Gasteiger partial charge is 0.357 e. The van der Waals surface area contributed by atoms with Gasteiger partial charge in [-0.2, -0.15) is 15.0 Å². The molecule has 0 radical (unpaired) electrons. The summed E-state index contributed by atoms with van der Waals surface area (Å²) in [5, 5.41) is 13.6. The third-order valence-corrected chi connectivity index (χ3v) is 4.72. The molecule has 4 rings (SSSR count). The smallest absolute Gasteiger partial charge is 0.235 e. The molecular weight excluding hydrogens is 324 g/mol. The van der Waals surface area contributed by atoms with Crippen LogP contribution in [0.25, 0.3) is 10.2 Å². The average Bonchev–Trinajstić information content (AvgIpc) is 3.23. The van der Waals surface area contributed by atoms with Gasteiger partial charge in [0.15, 0.2) is 5.13 Å². The molecule has 1 saturated heterocycles. The topological polar surface area (TPSA) is 99.7 Å². The number of thiazole rings is 1. The van der Waals surface area contributed by atoms with Crippen LogP contribution in [0.5, 0.6) is 0 Å². The third-order valence-electron chi connectivity index (χ3n) is 3.77. The van der Waals surface area contributed by atoms with Crippen LogP contribution in [0, 0.1) is 0 Å². The fraction of sp³-hybridized carbons (Fsp3) is 0.333. The van der Waals surface area contributed by atoms with Crippen molar-refractivity contribution >= 4 is 44.5 Å². The SMILES string of the molecule is CNc1nc(Nc2nc3ccccc3s2)nc(N[C@@H]2CCNC2)n1. The molecule has 0 unspecified atom stereocenters. The number of nitrogens with one attached hydrogen (secondary N) is 4. The van der Waals surface area contributed by atoms with Gasteiger partial charge in [-0.15, -0.1) is 0 Å². The zero-order chi connectivity index (χ0) is 16.4. The summed E-state index contributed by atoms with van der Waals surface area (Å²) in [5.41, 5.74) is 0.961. The van der Waals surface area contributed by atoms with Gasteiger partial charge in [0.25, 0.3) is 0 Å². The Bertz CT molecular complexity index is 809. The molecule has 8 nitrogen and oxygen atoms in total. The minimum absolute atomic E-state index is 0.340. The van der Waals surface area contributed by atoms with Crippen molar-refractivity contribution in [2.24, 2.45) is 0 Å². The Morgan fingerprint density at radius 3 is 2.71 bits per heavy atom. The van der Waals surface area contributed by atoms with E-state index in [4.69, 9.17) is 0 Å². The molecule has 0 saturated carbocycles. The van der Waals surface area contributed by atoms with Crippen molar-refractivity contribution in [3.05, 3.63) is 24.3 Å². The van der Waals surface area contributed by atoms with Gasteiger partial charge < -0.3 is 16.0 Å². The molecule has 1 aromatic carbocycles. The number of benzene rings is 1. The van der Waals surface area contributed by atoms with Crippen molar-refractivity contribution in [1.29, 1.82) is 0 Å². The van der Waals surface area contributed by atoms with Gasteiger partial charge in [-0.3, -0.25) is 5.32 Å². The molecule has 1 atom stereocenters. The molecule has 9 heteroatoms. The fourth-order valence-electron chi connectivity index (χ4n) is 2.59. The van der Waals surface area contributed by atoms with Gasteiger partial charge >= 0.3 is 0 Å². The monoisotopic (exact) mass is 342 g/mol. The van der Waals surface area contributed by atoms with E-state index in [1.807, 2.05) is 24.3 Å². The van der Waals surface area contributed by atoms with Crippen LogP contribution in [0.3, 0.4) is 0 Å². The molecular formula is C15H18N8S. The van der Waals surface area contributed by atoms with Gasteiger partial charge in [0, 0.05) is 19.6 Å². The minimum atomic E-state index is 0.340. The highest BCUT2D eigenvalue weighted by Crippen LogP contribution is 2.27. The zero-order valence-corrected chi connectivity index (χ0v) is 14.0. The second-order valence-corrected chi connectivity index (χ2v) is 6.53. The van der Waals surface area contributed by atoms with Gasteiger partial charge in [0.05, 0.1) is 10.2 Å². The lowest BCUT2D eigenvalue weighted by atomic mass is 10.3. The maximum absolute atomic E-state index is 4.55. The second kappa shape index (κ2) is 6.54. The summed E-state index contributed by atoms with van der Waals surface area (Å²) in [4.78, 5) is 17.7. The molecule has 3 heterocycles. The van der Waals surface area contributed by atoms with Crippen molar-refractivity contribution in [3.8, 4) is 0 Å². The first-order chi connectivity index (χ1) is 11.8. The number of nitrogens with zero attached hydrogens (tertiary/aromatic N) is 4. The van der Waals surface area contributed by atoms with Crippen LogP contribution in [0.15, 0.2) is 24.3 Å². The maximum atomic E-state index is 4.55. The molecule has 124 valence electrons. The number of para-hydroxylation sites is 1. The maximum Gasteiger partial charge on any atom is 0.235 e. The van der Waals surface area contributed by atoms with Crippen LogP contribution in [-0.2, 0) is 0 Å². The highest BCUT2D eigenvalue weighted by molar-refractivity contribution is 7.22. The van der Waals surface area contributed by atoms with E-state index in [-0.39, 0.29) is 0 Å². The van der Waals surface area contributed by atoms with E-state index in [2.05, 4.69) is 41.2 Å². The lowest BCUT2D eigenvalue weighted by molar-refractivity contribution is 0.779. The van der Waals surface area contributed by atoms with Crippen LogP contribution >= 0.6 is 11.3 Å². The average molecular weight is 342 g/mol. The number of fused-ring (bicyclic) bond motifs is 1. The van der Waals surface area contributed by atoms with E-state index in [1.54, 1.807) is 18.4 Å².